The lowest BCUT2D eigenvalue weighted by molar-refractivity contribution is 0.630. The van der Waals surface area contributed by atoms with Gasteiger partial charge in [0.1, 0.15) is 0 Å². The zero-order valence-electron chi connectivity index (χ0n) is 13.5. The van der Waals surface area contributed by atoms with E-state index >= 15 is 0 Å². The predicted molar refractivity (Wildman–Crippen MR) is 85.7 cm³/mol. The van der Waals surface area contributed by atoms with Gasteiger partial charge in [0.2, 0.25) is 5.95 Å². The quantitative estimate of drug-likeness (QED) is 0.814. The van der Waals surface area contributed by atoms with Gasteiger partial charge in [0.05, 0.1) is 11.8 Å². The van der Waals surface area contributed by atoms with Crippen molar-refractivity contribution in [3.63, 3.8) is 0 Å². The molecule has 0 spiro atoms. The molecular formula is C14H20N6O2. The lowest BCUT2D eigenvalue weighted by Gasteiger charge is -2.28. The van der Waals surface area contributed by atoms with E-state index in [0.29, 0.717) is 23.7 Å². The van der Waals surface area contributed by atoms with Crippen molar-refractivity contribution in [2.75, 3.05) is 11.6 Å². The maximum atomic E-state index is 12.6. The van der Waals surface area contributed by atoms with E-state index in [4.69, 9.17) is 0 Å². The predicted octanol–water partition coefficient (Wildman–Crippen LogP) is 0.601. The van der Waals surface area contributed by atoms with Gasteiger partial charge in [0, 0.05) is 20.6 Å². The largest absolute Gasteiger partial charge is 0.332 e. The maximum absolute atomic E-state index is 12.6. The van der Waals surface area contributed by atoms with Crippen LogP contribution in [0.4, 0.5) is 5.95 Å². The molecule has 0 saturated carbocycles. The van der Waals surface area contributed by atoms with Gasteiger partial charge in [-0.2, -0.15) is 10.1 Å². The van der Waals surface area contributed by atoms with Crippen molar-refractivity contribution in [2.24, 2.45) is 19.2 Å². The van der Waals surface area contributed by atoms with E-state index in [9.17, 15) is 9.59 Å². The molecule has 0 radical (unpaired) electrons. The van der Waals surface area contributed by atoms with Crippen molar-refractivity contribution in [3.05, 3.63) is 20.8 Å². The fourth-order valence-electron chi connectivity index (χ4n) is 2.82. The van der Waals surface area contributed by atoms with E-state index in [0.717, 1.165) is 16.7 Å². The molecule has 1 aliphatic rings. The van der Waals surface area contributed by atoms with Crippen LogP contribution in [0.5, 0.6) is 0 Å². The number of hydrogen-bond acceptors (Lipinski definition) is 5. The van der Waals surface area contributed by atoms with Crippen LogP contribution in [-0.2, 0) is 14.1 Å². The average molecular weight is 304 g/mol. The Morgan fingerprint density at radius 3 is 2.50 bits per heavy atom. The Morgan fingerprint density at radius 2 is 1.86 bits per heavy atom. The first-order valence-corrected chi connectivity index (χ1v) is 7.39. The van der Waals surface area contributed by atoms with Crippen molar-refractivity contribution >= 4 is 22.8 Å². The first kappa shape index (κ1) is 14.6. The van der Waals surface area contributed by atoms with Gasteiger partial charge in [-0.15, -0.1) is 0 Å². The molecular weight excluding hydrogens is 284 g/mol. The topological polar surface area (TPSA) is 77.4 Å². The van der Waals surface area contributed by atoms with Gasteiger partial charge in [-0.25, -0.2) is 9.80 Å². The van der Waals surface area contributed by atoms with Crippen LogP contribution in [0.1, 0.15) is 33.2 Å². The van der Waals surface area contributed by atoms with E-state index in [1.54, 1.807) is 12.1 Å². The lowest BCUT2D eigenvalue weighted by Crippen LogP contribution is -2.38. The van der Waals surface area contributed by atoms with Crippen LogP contribution < -0.4 is 16.3 Å². The second kappa shape index (κ2) is 4.82. The van der Waals surface area contributed by atoms with Crippen LogP contribution in [0, 0.1) is 0 Å². The van der Waals surface area contributed by atoms with E-state index in [2.05, 4.69) is 17.0 Å². The molecule has 0 amide bonds. The Balaban J connectivity index is 2.45. The molecule has 22 heavy (non-hydrogen) atoms. The highest BCUT2D eigenvalue weighted by Gasteiger charge is 2.29. The summed E-state index contributed by atoms with van der Waals surface area (Å²) in [5.74, 6) is 0.619. The van der Waals surface area contributed by atoms with Gasteiger partial charge < -0.3 is 0 Å². The van der Waals surface area contributed by atoms with Crippen LogP contribution in [0.2, 0.25) is 0 Å². The lowest BCUT2D eigenvalue weighted by atomic mass is 10.2. The van der Waals surface area contributed by atoms with E-state index in [1.165, 1.54) is 11.6 Å². The third-order valence-corrected chi connectivity index (χ3v) is 4.21. The van der Waals surface area contributed by atoms with Crippen LogP contribution in [0.3, 0.4) is 0 Å². The van der Waals surface area contributed by atoms with Crippen molar-refractivity contribution < 1.29 is 0 Å². The number of rotatable bonds is 2. The number of fused-ring (bicyclic) bond motifs is 3. The summed E-state index contributed by atoms with van der Waals surface area (Å²) in [7, 11) is 3.12. The standard InChI is InChI=1S/C14H20N6O2/c1-6-7-19-13-15-11-10(20(13)9(3)8(2)16-19)12(21)18(5)14(22)17(11)4/h9H,6-7H2,1-5H3/t9-/m0/s1. The molecule has 0 fully saturated rings. The van der Waals surface area contributed by atoms with Gasteiger partial charge in [-0.3, -0.25) is 18.5 Å². The molecule has 3 heterocycles. The molecule has 8 heteroatoms. The number of hydrazone groups is 1. The fraction of sp³-hybridized carbons (Fsp3) is 0.571. The summed E-state index contributed by atoms with van der Waals surface area (Å²) in [5, 5.41) is 6.37. The summed E-state index contributed by atoms with van der Waals surface area (Å²) >= 11 is 0. The minimum absolute atomic E-state index is 0.0710. The molecule has 0 unspecified atom stereocenters. The molecule has 0 N–H and O–H groups in total. The maximum Gasteiger partial charge on any atom is 0.332 e. The zero-order valence-corrected chi connectivity index (χ0v) is 13.5. The zero-order chi connectivity index (χ0) is 16.2. The van der Waals surface area contributed by atoms with Gasteiger partial charge in [-0.05, 0) is 20.3 Å². The van der Waals surface area contributed by atoms with Crippen molar-refractivity contribution in [1.82, 2.24) is 18.7 Å². The fourth-order valence-corrected chi connectivity index (χ4v) is 2.82. The van der Waals surface area contributed by atoms with Crippen LogP contribution in [0.15, 0.2) is 14.7 Å². The van der Waals surface area contributed by atoms with Gasteiger partial charge in [0.15, 0.2) is 11.2 Å². The van der Waals surface area contributed by atoms with E-state index in [-0.39, 0.29) is 17.3 Å². The molecule has 2 aromatic rings. The Bertz CT molecular complexity index is 901. The number of imidazole rings is 1. The third-order valence-electron chi connectivity index (χ3n) is 4.21. The highest BCUT2D eigenvalue weighted by molar-refractivity contribution is 5.90. The molecule has 0 saturated heterocycles. The minimum Gasteiger partial charge on any atom is -0.294 e. The second-order valence-corrected chi connectivity index (χ2v) is 5.70. The molecule has 2 aromatic heterocycles. The summed E-state index contributed by atoms with van der Waals surface area (Å²) < 4.78 is 4.42. The smallest absolute Gasteiger partial charge is 0.294 e. The Kier molecular flexibility index (Phi) is 3.19. The number of anilines is 1. The molecule has 1 atom stereocenters. The van der Waals surface area contributed by atoms with Gasteiger partial charge >= 0.3 is 5.69 Å². The average Bonchev–Trinajstić information content (AvgIpc) is 2.89. The van der Waals surface area contributed by atoms with Crippen LogP contribution in [0.25, 0.3) is 11.2 Å². The van der Waals surface area contributed by atoms with Crippen LogP contribution >= 0.6 is 0 Å². The van der Waals surface area contributed by atoms with Crippen LogP contribution in [-0.4, -0.2) is 30.9 Å². The van der Waals surface area contributed by atoms with E-state index < -0.39 is 0 Å². The number of nitrogens with zero attached hydrogens (tertiary/aromatic N) is 6. The summed E-state index contributed by atoms with van der Waals surface area (Å²) in [6.07, 6.45) is 0.908. The first-order chi connectivity index (χ1) is 10.4. The molecule has 3 rings (SSSR count). The first-order valence-electron chi connectivity index (χ1n) is 7.39. The Hall–Kier alpha value is -2.38. The molecule has 0 aliphatic carbocycles. The van der Waals surface area contributed by atoms with Crippen molar-refractivity contribution in [1.29, 1.82) is 0 Å². The highest BCUT2D eigenvalue weighted by atomic mass is 16.2. The second-order valence-electron chi connectivity index (χ2n) is 5.70. The van der Waals surface area contributed by atoms with Gasteiger partial charge in [0.25, 0.3) is 5.56 Å². The summed E-state index contributed by atoms with van der Waals surface area (Å²) in [5.41, 5.74) is 1.06. The number of aryl methyl sites for hydroxylation is 1. The summed E-state index contributed by atoms with van der Waals surface area (Å²) in [6, 6.07) is -0.0710. The third kappa shape index (κ3) is 1.76. The number of hydrogen-bond donors (Lipinski definition) is 0. The molecule has 0 bridgehead atoms. The molecule has 0 aromatic carbocycles. The molecule has 8 nitrogen and oxygen atoms in total. The van der Waals surface area contributed by atoms with Crippen molar-refractivity contribution in [2.45, 2.75) is 33.2 Å². The molecule has 1 aliphatic heterocycles. The van der Waals surface area contributed by atoms with Gasteiger partial charge in [-0.1, -0.05) is 6.92 Å². The Morgan fingerprint density at radius 1 is 1.18 bits per heavy atom. The monoisotopic (exact) mass is 304 g/mol. The Labute approximate surface area is 127 Å². The highest BCUT2D eigenvalue weighted by Crippen LogP contribution is 2.29. The molecule has 118 valence electrons. The SMILES string of the molecule is CCCN1N=C(C)[C@H](C)n2c1nc1c2c(=O)n(C)c(=O)n1C. The summed E-state index contributed by atoms with van der Waals surface area (Å²) in [6.45, 7) is 6.69. The normalized spacial score (nSPS) is 17.8. The van der Waals surface area contributed by atoms with E-state index in [1.807, 2.05) is 18.4 Å². The minimum atomic E-state index is -0.375. The summed E-state index contributed by atoms with van der Waals surface area (Å²) in [4.78, 5) is 29.2. The number of aromatic nitrogens is 4. The van der Waals surface area contributed by atoms with Crippen molar-refractivity contribution in [3.8, 4) is 0 Å².